The van der Waals surface area contributed by atoms with Crippen LogP contribution in [-0.2, 0) is 20.7 Å². The summed E-state index contributed by atoms with van der Waals surface area (Å²) in [7, 11) is 0. The van der Waals surface area contributed by atoms with Crippen LogP contribution in [0.2, 0.25) is 0 Å². The third-order valence-corrected chi connectivity index (χ3v) is 4.60. The van der Waals surface area contributed by atoms with E-state index in [2.05, 4.69) is 0 Å². The minimum atomic E-state index is -1.47. The molecule has 8 heteroatoms. The number of aliphatic hydroxyl groups excluding tert-OH is 4. The van der Waals surface area contributed by atoms with Gasteiger partial charge >= 0.3 is 5.97 Å². The van der Waals surface area contributed by atoms with E-state index in [1.807, 2.05) is 12.1 Å². The molecule has 1 aliphatic heterocycles. The number of nitrogens with zero attached hydrogens (tertiary/aromatic N) is 1. The molecular weight excluding hydrogens is 342 g/mol. The third-order valence-electron chi connectivity index (χ3n) is 4.60. The van der Waals surface area contributed by atoms with Crippen molar-refractivity contribution in [2.45, 2.75) is 44.0 Å². The standard InChI is InChI=1S/C18H23NO7/c1-2-25-14(21)7-10-8-19(12-6-4-3-5-11(10)12)18-17(24)16(23)15(22)13(9-20)26-18/h3-6,8,13,15-18,20,22-24H,2,7,9H2,1H3/t13-,15-,16+,17-,18-/m1/s1. The van der Waals surface area contributed by atoms with Crippen LogP contribution < -0.4 is 0 Å². The molecule has 1 aliphatic rings. The van der Waals surface area contributed by atoms with Crippen LogP contribution in [0.1, 0.15) is 18.7 Å². The Morgan fingerprint density at radius 1 is 1.19 bits per heavy atom. The van der Waals surface area contributed by atoms with Crippen molar-refractivity contribution in [1.29, 1.82) is 0 Å². The number of aromatic nitrogens is 1. The molecule has 26 heavy (non-hydrogen) atoms. The van der Waals surface area contributed by atoms with Crippen LogP contribution in [0.25, 0.3) is 10.9 Å². The van der Waals surface area contributed by atoms with E-state index in [1.54, 1.807) is 29.8 Å². The molecule has 142 valence electrons. The molecule has 0 spiro atoms. The Labute approximate surface area is 150 Å². The molecule has 5 atom stereocenters. The Bertz CT molecular complexity index is 772. The van der Waals surface area contributed by atoms with Crippen LogP contribution in [0.15, 0.2) is 30.5 Å². The van der Waals surface area contributed by atoms with Crippen molar-refractivity contribution in [2.24, 2.45) is 0 Å². The Morgan fingerprint density at radius 3 is 2.62 bits per heavy atom. The molecule has 0 amide bonds. The lowest BCUT2D eigenvalue weighted by Gasteiger charge is -2.40. The van der Waals surface area contributed by atoms with Crippen molar-refractivity contribution < 1.29 is 34.7 Å². The number of hydrogen-bond donors (Lipinski definition) is 4. The van der Waals surface area contributed by atoms with E-state index in [1.165, 1.54) is 0 Å². The molecule has 0 saturated carbocycles. The highest BCUT2D eigenvalue weighted by molar-refractivity contribution is 5.88. The van der Waals surface area contributed by atoms with Crippen molar-refractivity contribution in [1.82, 2.24) is 4.57 Å². The van der Waals surface area contributed by atoms with Gasteiger partial charge in [-0.05, 0) is 18.6 Å². The zero-order chi connectivity index (χ0) is 18.8. The molecule has 1 aromatic heterocycles. The van der Waals surface area contributed by atoms with E-state index in [0.29, 0.717) is 11.1 Å². The Morgan fingerprint density at radius 2 is 1.92 bits per heavy atom. The normalized spacial score (nSPS) is 29.0. The van der Waals surface area contributed by atoms with Gasteiger partial charge in [-0.1, -0.05) is 18.2 Å². The summed E-state index contributed by atoms with van der Waals surface area (Å²) in [5.41, 5.74) is 1.38. The number of hydrogen-bond acceptors (Lipinski definition) is 7. The molecule has 0 unspecified atom stereocenters. The van der Waals surface area contributed by atoms with E-state index in [-0.39, 0.29) is 19.0 Å². The van der Waals surface area contributed by atoms with Crippen molar-refractivity contribution >= 4 is 16.9 Å². The van der Waals surface area contributed by atoms with E-state index < -0.39 is 37.3 Å². The lowest BCUT2D eigenvalue weighted by Crippen LogP contribution is -2.56. The molecule has 1 fully saturated rings. The first kappa shape index (κ1) is 18.8. The van der Waals surface area contributed by atoms with E-state index in [4.69, 9.17) is 9.47 Å². The summed E-state index contributed by atoms with van der Waals surface area (Å²) < 4.78 is 12.2. The maximum absolute atomic E-state index is 11.9. The zero-order valence-electron chi connectivity index (χ0n) is 14.4. The van der Waals surface area contributed by atoms with Gasteiger partial charge in [0.05, 0.1) is 25.2 Å². The molecule has 4 N–H and O–H groups in total. The van der Waals surface area contributed by atoms with Crippen molar-refractivity contribution in [3.63, 3.8) is 0 Å². The van der Waals surface area contributed by atoms with Gasteiger partial charge in [-0.25, -0.2) is 0 Å². The minimum Gasteiger partial charge on any atom is -0.466 e. The van der Waals surface area contributed by atoms with Gasteiger partial charge < -0.3 is 34.5 Å². The highest BCUT2D eigenvalue weighted by Crippen LogP contribution is 2.33. The minimum absolute atomic E-state index is 0.0543. The Balaban J connectivity index is 2.00. The molecule has 0 radical (unpaired) electrons. The highest BCUT2D eigenvalue weighted by Gasteiger charge is 2.44. The number of carbonyl (C=O) groups excluding carboxylic acids is 1. The Hall–Kier alpha value is -1.97. The number of ether oxygens (including phenoxy) is 2. The van der Waals surface area contributed by atoms with Gasteiger partial charge in [0.25, 0.3) is 0 Å². The van der Waals surface area contributed by atoms with Crippen LogP contribution in [0.5, 0.6) is 0 Å². The third kappa shape index (κ3) is 3.34. The van der Waals surface area contributed by atoms with Gasteiger partial charge in [-0.3, -0.25) is 4.79 Å². The average molecular weight is 365 g/mol. The second kappa shape index (κ2) is 7.73. The van der Waals surface area contributed by atoms with Crippen LogP contribution in [0.4, 0.5) is 0 Å². The summed E-state index contributed by atoms with van der Waals surface area (Å²) >= 11 is 0. The van der Waals surface area contributed by atoms with Crippen molar-refractivity contribution in [2.75, 3.05) is 13.2 Å². The van der Waals surface area contributed by atoms with Gasteiger partial charge in [0.2, 0.25) is 0 Å². The fourth-order valence-electron chi connectivity index (χ4n) is 3.31. The molecule has 1 saturated heterocycles. The van der Waals surface area contributed by atoms with Crippen LogP contribution >= 0.6 is 0 Å². The van der Waals surface area contributed by atoms with E-state index in [0.717, 1.165) is 5.39 Å². The maximum atomic E-state index is 11.9. The topological polar surface area (TPSA) is 121 Å². The van der Waals surface area contributed by atoms with E-state index in [9.17, 15) is 25.2 Å². The average Bonchev–Trinajstić information content (AvgIpc) is 2.99. The number of benzene rings is 1. The zero-order valence-corrected chi connectivity index (χ0v) is 14.4. The first-order valence-corrected chi connectivity index (χ1v) is 8.52. The quantitative estimate of drug-likeness (QED) is 0.538. The van der Waals surface area contributed by atoms with Gasteiger partial charge in [-0.2, -0.15) is 0 Å². The number of para-hydroxylation sites is 1. The van der Waals surface area contributed by atoms with Gasteiger partial charge in [0, 0.05) is 11.6 Å². The predicted octanol–water partition coefficient (Wildman–Crippen LogP) is -0.281. The van der Waals surface area contributed by atoms with Gasteiger partial charge in [0.15, 0.2) is 6.23 Å². The Kier molecular flexibility index (Phi) is 5.59. The van der Waals surface area contributed by atoms with Crippen molar-refractivity contribution in [3.05, 3.63) is 36.0 Å². The molecule has 8 nitrogen and oxygen atoms in total. The highest BCUT2D eigenvalue weighted by atomic mass is 16.6. The molecule has 0 aliphatic carbocycles. The molecule has 2 heterocycles. The summed E-state index contributed by atoms with van der Waals surface area (Å²) in [5.74, 6) is -0.371. The fourth-order valence-corrected chi connectivity index (χ4v) is 3.31. The summed E-state index contributed by atoms with van der Waals surface area (Å²) in [4.78, 5) is 11.9. The number of fused-ring (bicyclic) bond motifs is 1. The first-order chi connectivity index (χ1) is 12.5. The predicted molar refractivity (Wildman–Crippen MR) is 91.3 cm³/mol. The van der Waals surface area contributed by atoms with Gasteiger partial charge in [-0.15, -0.1) is 0 Å². The largest absolute Gasteiger partial charge is 0.466 e. The SMILES string of the molecule is CCOC(=O)Cc1cn([C@@H]2O[C@H](CO)[C@@H](O)[C@H](O)[C@H]2O)c2ccccc12. The van der Waals surface area contributed by atoms with Crippen LogP contribution in [0.3, 0.4) is 0 Å². The smallest absolute Gasteiger partial charge is 0.310 e. The number of esters is 1. The summed E-state index contributed by atoms with van der Waals surface area (Å²) in [6.45, 7) is 1.51. The summed E-state index contributed by atoms with van der Waals surface area (Å²) in [6, 6.07) is 7.27. The number of aliphatic hydroxyl groups is 4. The lowest BCUT2D eigenvalue weighted by atomic mass is 9.98. The van der Waals surface area contributed by atoms with Crippen LogP contribution in [0, 0.1) is 0 Å². The molecule has 3 rings (SSSR count). The second-order valence-electron chi connectivity index (χ2n) is 6.28. The van der Waals surface area contributed by atoms with Crippen LogP contribution in [-0.4, -0.2) is 68.6 Å². The molecule has 0 bridgehead atoms. The number of carbonyl (C=O) groups is 1. The maximum Gasteiger partial charge on any atom is 0.310 e. The molecular formula is C18H23NO7. The monoisotopic (exact) mass is 365 g/mol. The van der Waals surface area contributed by atoms with Gasteiger partial charge in [0.1, 0.15) is 24.4 Å². The lowest BCUT2D eigenvalue weighted by molar-refractivity contribution is -0.250. The first-order valence-electron chi connectivity index (χ1n) is 8.52. The molecule has 2 aromatic rings. The summed E-state index contributed by atoms with van der Waals surface area (Å²) in [6.07, 6.45) is -4.61. The summed E-state index contributed by atoms with van der Waals surface area (Å²) in [5, 5.41) is 40.5. The van der Waals surface area contributed by atoms with E-state index >= 15 is 0 Å². The fraction of sp³-hybridized carbons (Fsp3) is 0.500. The van der Waals surface area contributed by atoms with Crippen molar-refractivity contribution in [3.8, 4) is 0 Å². The number of rotatable bonds is 5. The molecule has 1 aromatic carbocycles. The second-order valence-corrected chi connectivity index (χ2v) is 6.28.